The van der Waals surface area contributed by atoms with Crippen LogP contribution in [0, 0.1) is 6.92 Å². The minimum absolute atomic E-state index is 0.985. The molecule has 0 amide bonds. The summed E-state index contributed by atoms with van der Waals surface area (Å²) < 4.78 is 5.91. The van der Waals surface area contributed by atoms with Crippen molar-refractivity contribution < 1.29 is 4.42 Å². The lowest BCUT2D eigenvalue weighted by Crippen LogP contribution is -1.83. The molecule has 1 aromatic heterocycles. The van der Waals surface area contributed by atoms with Crippen molar-refractivity contribution in [1.29, 1.82) is 0 Å². The van der Waals surface area contributed by atoms with Gasteiger partial charge in [0.25, 0.3) is 0 Å². The van der Waals surface area contributed by atoms with E-state index in [0.29, 0.717) is 0 Å². The van der Waals surface area contributed by atoms with Gasteiger partial charge in [-0.25, -0.2) is 0 Å². The Balaban J connectivity index is 2.26. The van der Waals surface area contributed by atoms with Crippen LogP contribution >= 0.6 is 0 Å². The van der Waals surface area contributed by atoms with Crippen LogP contribution in [0.3, 0.4) is 0 Å². The third-order valence-electron chi connectivity index (χ3n) is 4.64. The van der Waals surface area contributed by atoms with Gasteiger partial charge in [-0.1, -0.05) is 48.5 Å². The van der Waals surface area contributed by atoms with E-state index in [1.807, 2.05) is 6.07 Å². The first kappa shape index (κ1) is 11.8. The molecule has 0 fully saturated rings. The lowest BCUT2D eigenvalue weighted by molar-refractivity contribution is 0.606. The first-order valence-corrected chi connectivity index (χ1v) is 7.54. The van der Waals surface area contributed by atoms with Crippen LogP contribution in [0.1, 0.15) is 5.56 Å². The molecule has 5 aromatic rings. The lowest BCUT2D eigenvalue weighted by Gasteiger charge is -2.08. The van der Waals surface area contributed by atoms with Crippen LogP contribution in [0.5, 0.6) is 0 Å². The molecule has 1 heteroatoms. The summed E-state index contributed by atoms with van der Waals surface area (Å²) in [7, 11) is 0. The molecular formula is C21H14O. The molecule has 104 valence electrons. The van der Waals surface area contributed by atoms with E-state index in [0.717, 1.165) is 5.58 Å². The van der Waals surface area contributed by atoms with Gasteiger partial charge in [0.1, 0.15) is 5.58 Å². The molecule has 0 unspecified atom stereocenters. The molecule has 5 rings (SSSR count). The molecule has 0 atom stereocenters. The predicted molar refractivity (Wildman–Crippen MR) is 93.5 cm³/mol. The number of fused-ring (bicyclic) bond motifs is 8. The molecule has 0 saturated carbocycles. The maximum absolute atomic E-state index is 5.91. The number of hydrogen-bond acceptors (Lipinski definition) is 1. The van der Waals surface area contributed by atoms with E-state index in [2.05, 4.69) is 61.5 Å². The fourth-order valence-corrected chi connectivity index (χ4v) is 3.67. The van der Waals surface area contributed by atoms with Gasteiger partial charge >= 0.3 is 0 Å². The predicted octanol–water partition coefficient (Wildman–Crippen LogP) is 6.20. The van der Waals surface area contributed by atoms with Gasteiger partial charge in [0.05, 0.1) is 6.26 Å². The highest BCUT2D eigenvalue weighted by Crippen LogP contribution is 2.41. The van der Waals surface area contributed by atoms with Crippen LogP contribution in [0.15, 0.2) is 71.3 Å². The Labute approximate surface area is 127 Å². The Morgan fingerprint density at radius 2 is 1.41 bits per heavy atom. The van der Waals surface area contributed by atoms with Crippen molar-refractivity contribution in [3.05, 3.63) is 72.5 Å². The van der Waals surface area contributed by atoms with Gasteiger partial charge in [-0.3, -0.25) is 0 Å². The van der Waals surface area contributed by atoms with Crippen molar-refractivity contribution >= 4 is 43.3 Å². The van der Waals surface area contributed by atoms with Gasteiger partial charge in [-0.15, -0.1) is 0 Å². The number of benzene rings is 3. The van der Waals surface area contributed by atoms with Crippen LogP contribution in [0.2, 0.25) is 0 Å². The second kappa shape index (κ2) is 4.11. The Morgan fingerprint density at radius 1 is 0.682 bits per heavy atom. The maximum Gasteiger partial charge on any atom is 0.142 e. The zero-order valence-electron chi connectivity index (χ0n) is 12.3. The largest absolute Gasteiger partial charge is 0.464 e. The quantitative estimate of drug-likeness (QED) is 0.308. The van der Waals surface area contributed by atoms with Gasteiger partial charge in [0, 0.05) is 10.8 Å². The third kappa shape index (κ3) is 1.38. The normalized spacial score (nSPS) is 11.9. The highest BCUT2D eigenvalue weighted by Gasteiger charge is 2.15. The summed E-state index contributed by atoms with van der Waals surface area (Å²) in [6.07, 6.45) is 1.79. The Hall–Kier alpha value is -2.80. The summed E-state index contributed by atoms with van der Waals surface area (Å²) in [6.45, 7) is 2.16. The van der Waals surface area contributed by atoms with E-state index in [1.165, 1.54) is 43.3 Å². The fraction of sp³-hybridized carbons (Fsp3) is 0.0476. The van der Waals surface area contributed by atoms with Crippen molar-refractivity contribution in [2.75, 3.05) is 0 Å². The lowest BCUT2D eigenvalue weighted by atomic mass is 9.98. The van der Waals surface area contributed by atoms with Gasteiger partial charge in [0.2, 0.25) is 0 Å². The smallest absolute Gasteiger partial charge is 0.142 e. The molecule has 0 spiro atoms. The number of rotatable bonds is 0. The molecular weight excluding hydrogens is 268 g/mol. The summed E-state index contributed by atoms with van der Waals surface area (Å²) in [5.74, 6) is 0. The van der Waals surface area contributed by atoms with Crippen molar-refractivity contribution in [3.8, 4) is 0 Å². The zero-order chi connectivity index (χ0) is 14.7. The fourth-order valence-electron chi connectivity index (χ4n) is 3.67. The first-order chi connectivity index (χ1) is 10.8. The second-order valence-electron chi connectivity index (χ2n) is 5.87. The Morgan fingerprint density at radius 3 is 2.27 bits per heavy atom. The van der Waals surface area contributed by atoms with Crippen molar-refractivity contribution in [2.24, 2.45) is 0 Å². The standard InChI is InChI=1S/C21H14O/c1-13-10-11-22-21-17-9-5-4-8-16(17)20-15-7-3-2-6-14(15)12-18(20)19(13)21/h2-12H,1H3. The SMILES string of the molecule is Cc1ccoc2c3ccccc3c3c4ccccc4cc3c12. The Bertz CT molecular complexity index is 1180. The van der Waals surface area contributed by atoms with E-state index in [-0.39, 0.29) is 0 Å². The average molecular weight is 282 g/mol. The molecule has 0 saturated heterocycles. The van der Waals surface area contributed by atoms with E-state index in [1.54, 1.807) is 6.26 Å². The highest BCUT2D eigenvalue weighted by molar-refractivity contribution is 6.32. The molecule has 0 aliphatic rings. The van der Waals surface area contributed by atoms with Crippen LogP contribution < -0.4 is 0 Å². The van der Waals surface area contributed by atoms with E-state index < -0.39 is 0 Å². The van der Waals surface area contributed by atoms with E-state index in [9.17, 15) is 0 Å². The van der Waals surface area contributed by atoms with Crippen molar-refractivity contribution in [1.82, 2.24) is 0 Å². The number of hydrogen-bond donors (Lipinski definition) is 0. The van der Waals surface area contributed by atoms with Crippen LogP contribution in [0.4, 0.5) is 0 Å². The summed E-state index contributed by atoms with van der Waals surface area (Å²) in [4.78, 5) is 0. The molecule has 4 aromatic carbocycles. The van der Waals surface area contributed by atoms with Gasteiger partial charge in [-0.05, 0) is 51.6 Å². The minimum atomic E-state index is 0.985. The molecule has 0 aliphatic carbocycles. The molecule has 0 radical (unpaired) electrons. The topological polar surface area (TPSA) is 13.1 Å². The molecule has 1 nitrogen and oxygen atoms in total. The van der Waals surface area contributed by atoms with Crippen LogP contribution in [-0.2, 0) is 0 Å². The summed E-state index contributed by atoms with van der Waals surface area (Å²) in [5, 5.41) is 8.91. The molecule has 0 bridgehead atoms. The molecule has 0 N–H and O–H groups in total. The first-order valence-electron chi connectivity index (χ1n) is 7.54. The maximum atomic E-state index is 5.91. The average Bonchev–Trinajstić information content (AvgIpc) is 2.94. The summed E-state index contributed by atoms with van der Waals surface area (Å²) in [6, 6.07) is 21.5. The van der Waals surface area contributed by atoms with Crippen LogP contribution in [-0.4, -0.2) is 0 Å². The van der Waals surface area contributed by atoms with Gasteiger partial charge < -0.3 is 4.42 Å². The highest BCUT2D eigenvalue weighted by atomic mass is 16.3. The van der Waals surface area contributed by atoms with E-state index in [4.69, 9.17) is 4.42 Å². The van der Waals surface area contributed by atoms with E-state index >= 15 is 0 Å². The molecule has 22 heavy (non-hydrogen) atoms. The monoisotopic (exact) mass is 282 g/mol. The molecule has 1 heterocycles. The van der Waals surface area contributed by atoms with Gasteiger partial charge in [-0.2, -0.15) is 0 Å². The second-order valence-corrected chi connectivity index (χ2v) is 5.87. The van der Waals surface area contributed by atoms with Gasteiger partial charge in [0.15, 0.2) is 0 Å². The summed E-state index contributed by atoms with van der Waals surface area (Å²) >= 11 is 0. The third-order valence-corrected chi connectivity index (χ3v) is 4.64. The van der Waals surface area contributed by atoms with Crippen LogP contribution in [0.25, 0.3) is 43.3 Å². The van der Waals surface area contributed by atoms with Crippen molar-refractivity contribution in [3.63, 3.8) is 0 Å². The summed E-state index contributed by atoms with van der Waals surface area (Å²) in [5.41, 5.74) is 2.24. The minimum Gasteiger partial charge on any atom is -0.464 e. The molecule has 0 aliphatic heterocycles. The van der Waals surface area contributed by atoms with Crippen molar-refractivity contribution in [2.45, 2.75) is 6.92 Å². The zero-order valence-corrected chi connectivity index (χ0v) is 12.3. The number of aryl methyl sites for hydroxylation is 1. The Kier molecular flexibility index (Phi) is 2.21.